The first-order valence-electron chi connectivity index (χ1n) is 6.30. The van der Waals surface area contributed by atoms with Gasteiger partial charge in [0.05, 0.1) is 12.7 Å². The Morgan fingerprint density at radius 3 is 3.00 bits per heavy atom. The van der Waals surface area contributed by atoms with Gasteiger partial charge in [-0.25, -0.2) is 4.79 Å². The van der Waals surface area contributed by atoms with Gasteiger partial charge in [0.1, 0.15) is 12.1 Å². The van der Waals surface area contributed by atoms with Crippen LogP contribution in [-0.2, 0) is 16.1 Å². The predicted octanol–water partition coefficient (Wildman–Crippen LogP) is 2.19. The van der Waals surface area contributed by atoms with Crippen LogP contribution in [0.1, 0.15) is 18.9 Å². The average Bonchev–Trinajstić information content (AvgIpc) is 2.86. The lowest BCUT2D eigenvalue weighted by Crippen LogP contribution is -2.47. The van der Waals surface area contributed by atoms with Crippen molar-refractivity contribution >= 4 is 6.09 Å². The monoisotopic (exact) mass is 247 g/mol. The van der Waals surface area contributed by atoms with Gasteiger partial charge in [0.15, 0.2) is 0 Å². The Bertz CT molecular complexity index is 448. The van der Waals surface area contributed by atoms with Crippen LogP contribution in [0.2, 0.25) is 0 Å². The normalized spacial score (nSPS) is 30.4. The lowest BCUT2D eigenvalue weighted by Gasteiger charge is -2.29. The molecule has 2 aliphatic heterocycles. The Morgan fingerprint density at radius 1 is 1.44 bits per heavy atom. The molecule has 1 aromatic carbocycles. The molecule has 0 aromatic heterocycles. The number of hydrogen-bond acceptors (Lipinski definition) is 3. The molecule has 0 bridgehead atoms. The fourth-order valence-electron chi connectivity index (χ4n) is 2.78. The topological polar surface area (TPSA) is 38.8 Å². The summed E-state index contributed by atoms with van der Waals surface area (Å²) >= 11 is 0. The lowest BCUT2D eigenvalue weighted by molar-refractivity contribution is -0.0138. The summed E-state index contributed by atoms with van der Waals surface area (Å²) in [6.45, 7) is 3.80. The van der Waals surface area contributed by atoms with Gasteiger partial charge in [-0.1, -0.05) is 30.3 Å². The third-order valence-corrected chi connectivity index (χ3v) is 3.93. The molecule has 2 aliphatic rings. The summed E-state index contributed by atoms with van der Waals surface area (Å²) in [4.78, 5) is 13.3. The van der Waals surface area contributed by atoms with Crippen LogP contribution < -0.4 is 0 Å². The SMILES string of the molecule is C[C@]12COC(=O)N1CC[C@@H]2OCc1ccccc1. The summed E-state index contributed by atoms with van der Waals surface area (Å²) in [5.74, 6) is 0. The average molecular weight is 247 g/mol. The highest BCUT2D eigenvalue weighted by Crippen LogP contribution is 2.37. The van der Waals surface area contributed by atoms with Gasteiger partial charge in [-0.05, 0) is 18.9 Å². The molecule has 0 aliphatic carbocycles. The number of nitrogens with zero attached hydrogens (tertiary/aromatic N) is 1. The molecular weight excluding hydrogens is 230 g/mol. The van der Waals surface area contributed by atoms with Crippen LogP contribution in [0.3, 0.4) is 0 Å². The van der Waals surface area contributed by atoms with Crippen molar-refractivity contribution in [2.75, 3.05) is 13.2 Å². The van der Waals surface area contributed by atoms with E-state index >= 15 is 0 Å². The number of hydrogen-bond donors (Lipinski definition) is 0. The first kappa shape index (κ1) is 11.5. The molecule has 0 N–H and O–H groups in total. The molecule has 0 unspecified atom stereocenters. The number of rotatable bonds is 3. The van der Waals surface area contributed by atoms with Gasteiger partial charge in [0, 0.05) is 6.54 Å². The van der Waals surface area contributed by atoms with Crippen LogP contribution in [0.5, 0.6) is 0 Å². The number of carbonyl (C=O) groups is 1. The molecule has 0 radical (unpaired) electrons. The molecule has 2 saturated heterocycles. The summed E-state index contributed by atoms with van der Waals surface area (Å²) in [7, 11) is 0. The molecule has 96 valence electrons. The lowest BCUT2D eigenvalue weighted by atomic mass is 9.98. The van der Waals surface area contributed by atoms with E-state index < -0.39 is 0 Å². The molecule has 2 heterocycles. The largest absolute Gasteiger partial charge is 0.447 e. The molecule has 4 nitrogen and oxygen atoms in total. The number of amides is 1. The highest BCUT2D eigenvalue weighted by Gasteiger charge is 2.54. The smallest absolute Gasteiger partial charge is 0.410 e. The maximum Gasteiger partial charge on any atom is 0.410 e. The Kier molecular flexibility index (Phi) is 2.74. The van der Waals surface area contributed by atoms with Crippen molar-refractivity contribution in [1.29, 1.82) is 0 Å². The van der Waals surface area contributed by atoms with Crippen molar-refractivity contribution in [1.82, 2.24) is 4.90 Å². The van der Waals surface area contributed by atoms with E-state index in [9.17, 15) is 4.79 Å². The van der Waals surface area contributed by atoms with Crippen molar-refractivity contribution in [3.63, 3.8) is 0 Å². The zero-order chi connectivity index (χ0) is 12.6. The minimum atomic E-state index is -0.286. The molecule has 0 spiro atoms. The van der Waals surface area contributed by atoms with Crippen molar-refractivity contribution in [2.45, 2.75) is 31.6 Å². The minimum absolute atomic E-state index is 0.0594. The molecule has 0 saturated carbocycles. The molecule has 18 heavy (non-hydrogen) atoms. The van der Waals surface area contributed by atoms with Gasteiger partial charge in [0.25, 0.3) is 0 Å². The minimum Gasteiger partial charge on any atom is -0.447 e. The summed E-state index contributed by atoms with van der Waals surface area (Å²) in [6, 6.07) is 10.1. The van der Waals surface area contributed by atoms with Crippen molar-refractivity contribution in [3.8, 4) is 0 Å². The van der Waals surface area contributed by atoms with Crippen molar-refractivity contribution < 1.29 is 14.3 Å². The zero-order valence-corrected chi connectivity index (χ0v) is 10.5. The Labute approximate surface area is 106 Å². The van der Waals surface area contributed by atoms with Gasteiger partial charge in [-0.3, -0.25) is 4.90 Å². The van der Waals surface area contributed by atoms with Crippen LogP contribution in [0.25, 0.3) is 0 Å². The number of ether oxygens (including phenoxy) is 2. The zero-order valence-electron chi connectivity index (χ0n) is 10.5. The quantitative estimate of drug-likeness (QED) is 0.821. The van der Waals surface area contributed by atoms with Crippen LogP contribution >= 0.6 is 0 Å². The molecule has 3 rings (SSSR count). The van der Waals surface area contributed by atoms with E-state index in [1.807, 2.05) is 37.3 Å². The Morgan fingerprint density at radius 2 is 2.22 bits per heavy atom. The van der Waals surface area contributed by atoms with E-state index in [1.54, 1.807) is 4.90 Å². The maximum absolute atomic E-state index is 11.5. The highest BCUT2D eigenvalue weighted by atomic mass is 16.6. The van der Waals surface area contributed by atoms with E-state index in [4.69, 9.17) is 9.47 Å². The number of cyclic esters (lactones) is 1. The van der Waals surface area contributed by atoms with Gasteiger partial charge in [-0.2, -0.15) is 0 Å². The second-order valence-corrected chi connectivity index (χ2v) is 5.14. The van der Waals surface area contributed by atoms with E-state index in [2.05, 4.69) is 0 Å². The van der Waals surface area contributed by atoms with Crippen LogP contribution in [0, 0.1) is 0 Å². The molecule has 4 heteroatoms. The van der Waals surface area contributed by atoms with Crippen molar-refractivity contribution in [3.05, 3.63) is 35.9 Å². The van der Waals surface area contributed by atoms with Crippen LogP contribution in [0.4, 0.5) is 4.79 Å². The van der Waals surface area contributed by atoms with E-state index in [-0.39, 0.29) is 17.7 Å². The van der Waals surface area contributed by atoms with E-state index in [0.29, 0.717) is 13.2 Å². The number of fused-ring (bicyclic) bond motifs is 1. The summed E-state index contributed by atoms with van der Waals surface area (Å²) in [6.07, 6.45) is 0.741. The second kappa shape index (κ2) is 4.28. The third-order valence-electron chi connectivity index (χ3n) is 3.93. The van der Waals surface area contributed by atoms with Gasteiger partial charge in [0.2, 0.25) is 0 Å². The summed E-state index contributed by atoms with van der Waals surface area (Å²) in [5, 5.41) is 0. The molecule has 1 aromatic rings. The molecule has 1 amide bonds. The molecular formula is C14H17NO3. The fourth-order valence-corrected chi connectivity index (χ4v) is 2.78. The fraction of sp³-hybridized carbons (Fsp3) is 0.500. The Balaban J connectivity index is 1.66. The molecule has 2 atom stereocenters. The Hall–Kier alpha value is -1.55. The highest BCUT2D eigenvalue weighted by molar-refractivity contribution is 5.71. The summed E-state index contributed by atoms with van der Waals surface area (Å²) < 4.78 is 11.1. The number of carbonyl (C=O) groups excluding carboxylic acids is 1. The van der Waals surface area contributed by atoms with Gasteiger partial charge >= 0.3 is 6.09 Å². The first-order chi connectivity index (χ1) is 8.70. The van der Waals surface area contributed by atoms with Gasteiger partial charge in [-0.15, -0.1) is 0 Å². The summed E-state index contributed by atoms with van der Waals surface area (Å²) in [5.41, 5.74) is 0.871. The standard InChI is InChI=1S/C14H17NO3/c1-14-10-18-13(16)15(14)8-7-12(14)17-9-11-5-3-2-4-6-11/h2-6,12H,7-10H2,1H3/t12-,14+/m0/s1. The first-order valence-corrected chi connectivity index (χ1v) is 6.30. The number of benzene rings is 1. The van der Waals surface area contributed by atoms with Gasteiger partial charge < -0.3 is 9.47 Å². The van der Waals surface area contributed by atoms with Crippen LogP contribution in [-0.4, -0.2) is 35.8 Å². The third kappa shape index (κ3) is 1.77. The molecule has 2 fully saturated rings. The van der Waals surface area contributed by atoms with Crippen LogP contribution in [0.15, 0.2) is 30.3 Å². The van der Waals surface area contributed by atoms with E-state index in [1.165, 1.54) is 0 Å². The second-order valence-electron chi connectivity index (χ2n) is 5.14. The van der Waals surface area contributed by atoms with Crippen molar-refractivity contribution in [2.24, 2.45) is 0 Å². The predicted molar refractivity (Wildman–Crippen MR) is 66.1 cm³/mol. The maximum atomic E-state index is 11.5. The van der Waals surface area contributed by atoms with E-state index in [0.717, 1.165) is 18.5 Å².